The molecule has 1 aromatic heterocycles. The Bertz CT molecular complexity index is 795. The maximum absolute atomic E-state index is 13.7. The van der Waals surface area contributed by atoms with Gasteiger partial charge in [-0.3, -0.25) is 9.36 Å². The number of rotatable bonds is 2. The first kappa shape index (κ1) is 14.3. The van der Waals surface area contributed by atoms with Gasteiger partial charge in [0, 0.05) is 17.1 Å². The zero-order chi connectivity index (χ0) is 15.3. The fourth-order valence-corrected chi connectivity index (χ4v) is 3.62. The Morgan fingerprint density at radius 2 is 2.09 bits per heavy atom. The average Bonchev–Trinajstić information content (AvgIpc) is 3.33. The molecule has 4 rings (SSSR count). The molecule has 22 heavy (non-hydrogen) atoms. The maximum atomic E-state index is 13.7. The van der Waals surface area contributed by atoms with E-state index in [1.807, 2.05) is 0 Å². The molecule has 0 unspecified atom stereocenters. The van der Waals surface area contributed by atoms with E-state index in [-0.39, 0.29) is 17.7 Å². The van der Waals surface area contributed by atoms with Crippen molar-refractivity contribution in [2.24, 2.45) is 0 Å². The van der Waals surface area contributed by atoms with Crippen LogP contribution < -0.4 is 5.56 Å². The lowest BCUT2D eigenvalue weighted by atomic mass is 10.1. The number of hydrogen-bond acceptors (Lipinski definition) is 3. The maximum Gasteiger partial charge on any atom is 0.261 e. The summed E-state index contributed by atoms with van der Waals surface area (Å²) in [4.78, 5) is 17.5. The van der Waals surface area contributed by atoms with Crippen LogP contribution in [0.15, 0.2) is 21.4 Å². The summed E-state index contributed by atoms with van der Waals surface area (Å²) in [5.41, 5.74) is 0.365. The highest BCUT2D eigenvalue weighted by Gasteiger charge is 2.32. The van der Waals surface area contributed by atoms with Crippen molar-refractivity contribution >= 4 is 26.8 Å². The lowest BCUT2D eigenvalue weighted by Gasteiger charge is -2.25. The highest BCUT2D eigenvalue weighted by atomic mass is 79.9. The fraction of sp³-hybridized carbons (Fsp3) is 0.500. The molecule has 2 heterocycles. The Balaban J connectivity index is 1.98. The van der Waals surface area contributed by atoms with E-state index in [1.165, 1.54) is 12.1 Å². The second-order valence-corrected chi connectivity index (χ2v) is 6.87. The lowest BCUT2D eigenvalue weighted by molar-refractivity contribution is 0.00660. The van der Waals surface area contributed by atoms with Gasteiger partial charge >= 0.3 is 0 Å². The molecule has 0 bridgehead atoms. The summed E-state index contributed by atoms with van der Waals surface area (Å²) >= 11 is 3.33. The van der Waals surface area contributed by atoms with Crippen LogP contribution in [-0.2, 0) is 4.74 Å². The number of hydrogen-bond donors (Lipinski definition) is 0. The molecule has 1 aliphatic carbocycles. The monoisotopic (exact) mass is 366 g/mol. The lowest BCUT2D eigenvalue weighted by Crippen LogP contribution is -2.28. The van der Waals surface area contributed by atoms with Gasteiger partial charge in [0.15, 0.2) is 0 Å². The Hall–Kier alpha value is -1.27. The Kier molecular flexibility index (Phi) is 3.53. The molecule has 0 radical (unpaired) electrons. The highest BCUT2D eigenvalue weighted by Crippen LogP contribution is 2.38. The molecule has 1 aliphatic heterocycles. The molecular weight excluding hydrogens is 351 g/mol. The smallest absolute Gasteiger partial charge is 0.261 e. The summed E-state index contributed by atoms with van der Waals surface area (Å²) in [5.74, 6) is 0.272. The van der Waals surface area contributed by atoms with Gasteiger partial charge in [-0.15, -0.1) is 0 Å². The molecule has 6 heteroatoms. The Morgan fingerprint density at radius 3 is 2.77 bits per heavy atom. The van der Waals surface area contributed by atoms with Gasteiger partial charge in [-0.25, -0.2) is 9.37 Å². The van der Waals surface area contributed by atoms with Crippen LogP contribution in [0.1, 0.15) is 50.1 Å². The number of nitrogens with zero attached hydrogens (tertiary/aromatic N) is 2. The van der Waals surface area contributed by atoms with Gasteiger partial charge in [0.25, 0.3) is 5.56 Å². The quantitative estimate of drug-likeness (QED) is 0.809. The predicted octanol–water partition coefficient (Wildman–Crippen LogP) is 3.87. The molecule has 0 N–H and O–H groups in total. The van der Waals surface area contributed by atoms with Gasteiger partial charge in [0.1, 0.15) is 17.7 Å². The molecule has 2 aliphatic rings. The molecule has 1 aromatic carbocycles. The molecular formula is C16H16BrFN2O2. The van der Waals surface area contributed by atoms with Gasteiger partial charge in [-0.2, -0.15) is 0 Å². The zero-order valence-corrected chi connectivity index (χ0v) is 13.6. The summed E-state index contributed by atoms with van der Waals surface area (Å²) in [6.07, 6.45) is 4.82. The van der Waals surface area contributed by atoms with Crippen LogP contribution in [0.2, 0.25) is 0 Å². The minimum absolute atomic E-state index is 0.136. The molecule has 2 fully saturated rings. The van der Waals surface area contributed by atoms with Crippen molar-refractivity contribution < 1.29 is 9.13 Å². The van der Waals surface area contributed by atoms with Crippen molar-refractivity contribution in [1.82, 2.24) is 9.55 Å². The van der Waals surface area contributed by atoms with Gasteiger partial charge < -0.3 is 4.74 Å². The van der Waals surface area contributed by atoms with E-state index in [9.17, 15) is 9.18 Å². The summed E-state index contributed by atoms with van der Waals surface area (Å²) in [7, 11) is 0. The van der Waals surface area contributed by atoms with E-state index in [4.69, 9.17) is 4.74 Å². The third-order valence-electron chi connectivity index (χ3n) is 4.33. The van der Waals surface area contributed by atoms with Gasteiger partial charge in [0.2, 0.25) is 0 Å². The van der Waals surface area contributed by atoms with E-state index in [2.05, 4.69) is 20.9 Å². The number of ether oxygens (including phenoxy) is 1. The summed E-state index contributed by atoms with van der Waals surface area (Å²) in [6, 6.07) is 2.81. The summed E-state index contributed by atoms with van der Waals surface area (Å²) < 4.78 is 21.7. The average molecular weight is 367 g/mol. The van der Waals surface area contributed by atoms with Gasteiger partial charge in [-0.05, 0) is 60.2 Å². The fourth-order valence-electron chi connectivity index (χ4n) is 3.10. The Labute approximate surface area is 135 Å². The first-order chi connectivity index (χ1) is 10.6. The predicted molar refractivity (Wildman–Crippen MR) is 84.5 cm³/mol. The SMILES string of the molecule is O=c1c2cc(F)cc(Br)c2nc([C@@H]2CCCCO2)n1C1CC1. The third kappa shape index (κ3) is 2.38. The minimum Gasteiger partial charge on any atom is -0.370 e. The van der Waals surface area contributed by atoms with Crippen molar-refractivity contribution in [3.8, 4) is 0 Å². The summed E-state index contributed by atoms with van der Waals surface area (Å²) in [6.45, 7) is 0.702. The number of halogens is 2. The first-order valence-electron chi connectivity index (χ1n) is 7.68. The van der Waals surface area contributed by atoms with Gasteiger partial charge in [-0.1, -0.05) is 0 Å². The molecule has 0 spiro atoms. The van der Waals surface area contributed by atoms with Crippen molar-refractivity contribution in [2.75, 3.05) is 6.61 Å². The third-order valence-corrected chi connectivity index (χ3v) is 4.93. The van der Waals surface area contributed by atoms with Crippen LogP contribution >= 0.6 is 15.9 Å². The molecule has 4 nitrogen and oxygen atoms in total. The van der Waals surface area contributed by atoms with E-state index in [0.29, 0.717) is 27.8 Å². The Morgan fingerprint density at radius 1 is 1.27 bits per heavy atom. The van der Waals surface area contributed by atoms with E-state index in [0.717, 1.165) is 32.1 Å². The van der Waals surface area contributed by atoms with Crippen LogP contribution in [0.3, 0.4) is 0 Å². The van der Waals surface area contributed by atoms with Crippen LogP contribution in [-0.4, -0.2) is 16.2 Å². The largest absolute Gasteiger partial charge is 0.370 e. The number of benzene rings is 1. The highest BCUT2D eigenvalue weighted by molar-refractivity contribution is 9.10. The van der Waals surface area contributed by atoms with E-state index in [1.54, 1.807) is 4.57 Å². The van der Waals surface area contributed by atoms with E-state index >= 15 is 0 Å². The van der Waals surface area contributed by atoms with Crippen molar-refractivity contribution in [3.63, 3.8) is 0 Å². The van der Waals surface area contributed by atoms with Crippen molar-refractivity contribution in [2.45, 2.75) is 44.2 Å². The second kappa shape index (κ2) is 5.42. The van der Waals surface area contributed by atoms with Crippen LogP contribution in [0.25, 0.3) is 10.9 Å². The first-order valence-corrected chi connectivity index (χ1v) is 8.47. The standard InChI is InChI=1S/C16H16BrFN2O2/c17-12-8-9(18)7-11-14(12)19-15(13-3-1-2-6-22-13)20(16(11)21)10-4-5-10/h7-8,10,13H,1-6H2/t13-/m0/s1. The normalized spacial score (nSPS) is 22.2. The molecule has 2 aromatic rings. The molecule has 1 saturated carbocycles. The topological polar surface area (TPSA) is 44.1 Å². The molecule has 1 atom stereocenters. The van der Waals surface area contributed by atoms with Crippen LogP contribution in [0.5, 0.6) is 0 Å². The number of fused-ring (bicyclic) bond motifs is 1. The second-order valence-electron chi connectivity index (χ2n) is 6.02. The van der Waals surface area contributed by atoms with Crippen LogP contribution in [0, 0.1) is 5.82 Å². The molecule has 116 valence electrons. The zero-order valence-electron chi connectivity index (χ0n) is 12.0. The van der Waals surface area contributed by atoms with E-state index < -0.39 is 5.82 Å². The van der Waals surface area contributed by atoms with Crippen molar-refractivity contribution in [1.29, 1.82) is 0 Å². The van der Waals surface area contributed by atoms with Gasteiger partial charge in [0.05, 0.1) is 10.9 Å². The molecule has 1 saturated heterocycles. The van der Waals surface area contributed by atoms with Crippen LogP contribution in [0.4, 0.5) is 4.39 Å². The minimum atomic E-state index is -0.428. The number of aromatic nitrogens is 2. The van der Waals surface area contributed by atoms with Crippen molar-refractivity contribution in [3.05, 3.63) is 38.6 Å². The summed E-state index contributed by atoms with van der Waals surface area (Å²) in [5, 5.41) is 0.332. The molecule has 0 amide bonds.